The number of alkyl carbamates (subject to hydrolysis) is 1. The van der Waals surface area contributed by atoms with Crippen molar-refractivity contribution in [3.8, 4) is 11.1 Å². The Bertz CT molecular complexity index is 717. The smallest absolute Gasteiger partial charge is 0.407 e. The number of ether oxygens (including phenoxy) is 1. The van der Waals surface area contributed by atoms with Gasteiger partial charge in [0.15, 0.2) is 0 Å². The van der Waals surface area contributed by atoms with Gasteiger partial charge in [0.1, 0.15) is 6.61 Å². The van der Waals surface area contributed by atoms with Gasteiger partial charge in [-0.1, -0.05) is 48.5 Å². The first-order valence-corrected chi connectivity index (χ1v) is 8.56. The molecule has 0 heterocycles. The highest BCUT2D eigenvalue weighted by Crippen LogP contribution is 2.44. The molecule has 0 saturated heterocycles. The van der Waals surface area contributed by atoms with Crippen LogP contribution in [0.25, 0.3) is 11.1 Å². The summed E-state index contributed by atoms with van der Waals surface area (Å²) in [7, 11) is 0. The van der Waals surface area contributed by atoms with E-state index in [1.165, 1.54) is 22.3 Å². The third-order valence-corrected chi connectivity index (χ3v) is 5.41. The van der Waals surface area contributed by atoms with Gasteiger partial charge in [-0.15, -0.1) is 0 Å². The lowest BCUT2D eigenvalue weighted by molar-refractivity contribution is 0.112. The number of carbonyl (C=O) groups excluding carboxylic acids is 1. The van der Waals surface area contributed by atoms with E-state index < -0.39 is 0 Å². The van der Waals surface area contributed by atoms with Gasteiger partial charge in [-0.25, -0.2) is 4.79 Å². The molecule has 4 heteroatoms. The molecule has 2 aliphatic carbocycles. The molecule has 2 aromatic carbocycles. The molecular formula is C20H22N2O2. The molecule has 4 rings (SSSR count). The monoisotopic (exact) mass is 322 g/mol. The predicted octanol–water partition coefficient (Wildman–Crippen LogP) is 3.41. The SMILES string of the molecule is NCC1(NC(=O)OCC2c3ccccc3-c3ccccc32)CCC1. The summed E-state index contributed by atoms with van der Waals surface area (Å²) < 4.78 is 5.57. The van der Waals surface area contributed by atoms with Gasteiger partial charge in [0.2, 0.25) is 0 Å². The molecule has 124 valence electrons. The number of fused-ring (bicyclic) bond motifs is 3. The van der Waals surface area contributed by atoms with Crippen LogP contribution in [0.15, 0.2) is 48.5 Å². The van der Waals surface area contributed by atoms with Crippen LogP contribution in [0.2, 0.25) is 0 Å². The summed E-state index contributed by atoms with van der Waals surface area (Å²) in [6.07, 6.45) is 2.63. The molecule has 0 bridgehead atoms. The lowest BCUT2D eigenvalue weighted by Crippen LogP contribution is -2.58. The second kappa shape index (κ2) is 5.95. The quantitative estimate of drug-likeness (QED) is 0.906. The largest absolute Gasteiger partial charge is 0.449 e. The summed E-state index contributed by atoms with van der Waals surface area (Å²) in [6, 6.07) is 16.7. The molecule has 1 amide bonds. The van der Waals surface area contributed by atoms with Crippen LogP contribution in [-0.2, 0) is 4.74 Å². The predicted molar refractivity (Wildman–Crippen MR) is 93.8 cm³/mol. The molecule has 24 heavy (non-hydrogen) atoms. The molecule has 1 saturated carbocycles. The highest BCUT2D eigenvalue weighted by atomic mass is 16.5. The zero-order valence-electron chi connectivity index (χ0n) is 13.6. The van der Waals surface area contributed by atoms with Crippen LogP contribution < -0.4 is 11.1 Å². The minimum atomic E-state index is -0.359. The fourth-order valence-electron chi connectivity index (χ4n) is 3.83. The fraction of sp³-hybridized carbons (Fsp3) is 0.350. The highest BCUT2D eigenvalue weighted by molar-refractivity contribution is 5.79. The highest BCUT2D eigenvalue weighted by Gasteiger charge is 2.38. The molecule has 0 aromatic heterocycles. The lowest BCUT2D eigenvalue weighted by atomic mass is 9.77. The van der Waals surface area contributed by atoms with E-state index in [0.29, 0.717) is 13.2 Å². The normalized spacial score (nSPS) is 17.5. The molecule has 2 aliphatic rings. The van der Waals surface area contributed by atoms with Crippen molar-refractivity contribution >= 4 is 6.09 Å². The van der Waals surface area contributed by atoms with Gasteiger partial charge in [-0.3, -0.25) is 0 Å². The summed E-state index contributed by atoms with van der Waals surface area (Å²) in [5.74, 6) is 0.0957. The Kier molecular flexibility index (Phi) is 3.77. The molecule has 0 spiro atoms. The maximum atomic E-state index is 12.2. The maximum absolute atomic E-state index is 12.2. The van der Waals surface area contributed by atoms with Crippen molar-refractivity contribution in [2.24, 2.45) is 5.73 Å². The molecule has 0 radical (unpaired) electrons. The van der Waals surface area contributed by atoms with Gasteiger partial charge in [0.05, 0.1) is 5.54 Å². The molecule has 3 N–H and O–H groups in total. The van der Waals surface area contributed by atoms with Gasteiger partial charge in [-0.2, -0.15) is 0 Å². The number of rotatable bonds is 4. The third-order valence-electron chi connectivity index (χ3n) is 5.41. The average Bonchev–Trinajstić information content (AvgIpc) is 2.90. The van der Waals surface area contributed by atoms with Gasteiger partial charge in [0.25, 0.3) is 0 Å². The Balaban J connectivity index is 1.50. The minimum Gasteiger partial charge on any atom is -0.449 e. The molecule has 0 atom stereocenters. The lowest BCUT2D eigenvalue weighted by Gasteiger charge is -2.41. The van der Waals surface area contributed by atoms with Crippen LogP contribution in [-0.4, -0.2) is 24.8 Å². The third kappa shape index (κ3) is 2.47. The van der Waals surface area contributed by atoms with Crippen LogP contribution in [0.1, 0.15) is 36.3 Å². The average molecular weight is 322 g/mol. The number of hydrogen-bond acceptors (Lipinski definition) is 3. The van der Waals surface area contributed by atoms with Gasteiger partial charge in [0, 0.05) is 12.5 Å². The standard InChI is InChI=1S/C20H22N2O2/c21-13-20(10-5-11-20)22-19(23)24-12-18-16-8-3-1-6-14(16)15-7-2-4-9-17(15)18/h1-4,6-9,18H,5,10-13,21H2,(H,22,23). The fourth-order valence-corrected chi connectivity index (χ4v) is 3.83. The van der Waals surface area contributed by atoms with E-state index in [0.717, 1.165) is 19.3 Å². The van der Waals surface area contributed by atoms with Gasteiger partial charge >= 0.3 is 6.09 Å². The summed E-state index contributed by atoms with van der Waals surface area (Å²) in [4.78, 5) is 12.2. The van der Waals surface area contributed by atoms with E-state index in [4.69, 9.17) is 10.5 Å². The maximum Gasteiger partial charge on any atom is 0.407 e. The molecular weight excluding hydrogens is 300 g/mol. The summed E-state index contributed by atoms with van der Waals surface area (Å²) in [5.41, 5.74) is 10.5. The number of benzene rings is 2. The van der Waals surface area contributed by atoms with Crippen molar-refractivity contribution < 1.29 is 9.53 Å². The first kappa shape index (κ1) is 15.2. The van der Waals surface area contributed by atoms with Crippen molar-refractivity contribution in [1.29, 1.82) is 0 Å². The van der Waals surface area contributed by atoms with Crippen LogP contribution in [0.3, 0.4) is 0 Å². The summed E-state index contributed by atoms with van der Waals surface area (Å²) in [5, 5.41) is 2.97. The van der Waals surface area contributed by atoms with Gasteiger partial charge in [-0.05, 0) is 41.5 Å². The molecule has 2 aromatic rings. The number of carbonyl (C=O) groups is 1. The van der Waals surface area contributed by atoms with Gasteiger partial charge < -0.3 is 15.8 Å². The second-order valence-corrected chi connectivity index (χ2v) is 6.79. The number of nitrogens with two attached hydrogens (primary N) is 1. The molecule has 1 fully saturated rings. The van der Waals surface area contributed by atoms with E-state index in [1.807, 2.05) is 24.3 Å². The summed E-state index contributed by atoms with van der Waals surface area (Å²) in [6.45, 7) is 0.817. The van der Waals surface area contributed by atoms with Crippen molar-refractivity contribution in [2.75, 3.05) is 13.2 Å². The number of amides is 1. The summed E-state index contributed by atoms with van der Waals surface area (Å²) >= 11 is 0. The number of nitrogens with one attached hydrogen (secondary N) is 1. The van der Waals surface area contributed by atoms with E-state index in [9.17, 15) is 4.79 Å². The first-order chi connectivity index (χ1) is 11.7. The first-order valence-electron chi connectivity index (χ1n) is 8.56. The van der Waals surface area contributed by atoms with E-state index in [2.05, 4.69) is 29.6 Å². The molecule has 0 aliphatic heterocycles. The van der Waals surface area contributed by atoms with Crippen LogP contribution in [0.4, 0.5) is 4.79 Å². The van der Waals surface area contributed by atoms with Crippen LogP contribution in [0.5, 0.6) is 0 Å². The van der Waals surface area contributed by atoms with Crippen molar-refractivity contribution in [3.05, 3.63) is 59.7 Å². The Labute approximate surface area is 142 Å². The van der Waals surface area contributed by atoms with Crippen LogP contribution >= 0.6 is 0 Å². The Hall–Kier alpha value is -2.33. The van der Waals surface area contributed by atoms with E-state index >= 15 is 0 Å². The Morgan fingerprint density at radius 1 is 1.08 bits per heavy atom. The second-order valence-electron chi connectivity index (χ2n) is 6.79. The molecule has 0 unspecified atom stereocenters. The van der Waals surface area contributed by atoms with Crippen molar-refractivity contribution in [2.45, 2.75) is 30.7 Å². The van der Waals surface area contributed by atoms with Crippen molar-refractivity contribution in [1.82, 2.24) is 5.32 Å². The number of hydrogen-bond donors (Lipinski definition) is 2. The Morgan fingerprint density at radius 2 is 1.67 bits per heavy atom. The Morgan fingerprint density at radius 3 is 2.17 bits per heavy atom. The zero-order valence-corrected chi connectivity index (χ0v) is 13.6. The molecule has 4 nitrogen and oxygen atoms in total. The van der Waals surface area contributed by atoms with Crippen molar-refractivity contribution in [3.63, 3.8) is 0 Å². The minimum absolute atomic E-state index is 0.0957. The zero-order chi connectivity index (χ0) is 16.6. The van der Waals surface area contributed by atoms with E-state index in [-0.39, 0.29) is 17.6 Å². The van der Waals surface area contributed by atoms with Crippen LogP contribution in [0, 0.1) is 0 Å². The van der Waals surface area contributed by atoms with E-state index in [1.54, 1.807) is 0 Å². The topological polar surface area (TPSA) is 64.3 Å².